The zero-order valence-corrected chi connectivity index (χ0v) is 22.4. The largest absolute Gasteiger partial charge is 0.511 e. The van der Waals surface area contributed by atoms with Gasteiger partial charge in [-0.2, -0.15) is 4.31 Å². The highest BCUT2D eigenvalue weighted by Crippen LogP contribution is 2.30. The van der Waals surface area contributed by atoms with Crippen molar-refractivity contribution in [3.8, 4) is 16.9 Å². The first-order chi connectivity index (χ1) is 18.0. The van der Waals surface area contributed by atoms with E-state index in [9.17, 15) is 18.0 Å². The number of nitrogens with two attached hydrogens (primary N) is 1. The van der Waals surface area contributed by atoms with E-state index in [0.29, 0.717) is 17.7 Å². The van der Waals surface area contributed by atoms with E-state index in [1.807, 2.05) is 24.3 Å². The highest BCUT2D eigenvalue weighted by Gasteiger charge is 2.39. The monoisotopic (exact) mass is 547 g/mol. The van der Waals surface area contributed by atoms with Crippen LogP contribution in [-0.2, 0) is 29.0 Å². The van der Waals surface area contributed by atoms with E-state index in [1.54, 1.807) is 31.2 Å². The van der Waals surface area contributed by atoms with Gasteiger partial charge < -0.3 is 24.7 Å². The molecule has 0 aliphatic carbocycles. The highest BCUT2D eigenvalue weighted by molar-refractivity contribution is 7.88. The number of nitrogen functional groups attached to an aromatic ring is 1. The summed E-state index contributed by atoms with van der Waals surface area (Å²) in [6, 6.07) is 14.2. The van der Waals surface area contributed by atoms with E-state index in [1.165, 1.54) is 11.2 Å². The minimum atomic E-state index is -3.53. The number of sulfonamides is 1. The van der Waals surface area contributed by atoms with E-state index in [-0.39, 0.29) is 37.9 Å². The Morgan fingerprint density at radius 3 is 2.24 bits per heavy atom. The van der Waals surface area contributed by atoms with Gasteiger partial charge in [-0.15, -0.1) is 0 Å². The van der Waals surface area contributed by atoms with Gasteiger partial charge in [0, 0.05) is 25.5 Å². The van der Waals surface area contributed by atoms with Crippen LogP contribution in [0.25, 0.3) is 11.1 Å². The molecule has 1 aliphatic heterocycles. The van der Waals surface area contributed by atoms with Gasteiger partial charge in [0.05, 0.1) is 18.9 Å². The summed E-state index contributed by atoms with van der Waals surface area (Å²) in [7, 11) is -3.53. The molecule has 1 heterocycles. The summed E-state index contributed by atoms with van der Waals surface area (Å²) in [5, 5.41) is 7.49. The van der Waals surface area contributed by atoms with Crippen molar-refractivity contribution in [3.05, 3.63) is 54.1 Å². The Morgan fingerprint density at radius 2 is 1.68 bits per heavy atom. The lowest BCUT2D eigenvalue weighted by Crippen LogP contribution is -2.38. The van der Waals surface area contributed by atoms with Gasteiger partial charge >= 0.3 is 12.1 Å². The van der Waals surface area contributed by atoms with Gasteiger partial charge in [-0.1, -0.05) is 36.4 Å². The molecule has 3 N–H and O–H groups in total. The highest BCUT2D eigenvalue weighted by atomic mass is 32.2. The van der Waals surface area contributed by atoms with Crippen LogP contribution >= 0.6 is 0 Å². The number of hydrogen-bond acceptors (Lipinski definition) is 9. The first kappa shape index (κ1) is 28.9. The van der Waals surface area contributed by atoms with Crippen molar-refractivity contribution >= 4 is 28.0 Å². The summed E-state index contributed by atoms with van der Waals surface area (Å²) in [6.07, 6.45) is -0.551. The lowest BCUT2D eigenvalue weighted by Gasteiger charge is -2.22. The predicted octanol–water partition coefficient (Wildman–Crippen LogP) is 3.12. The number of ether oxygens (including phenoxy) is 4. The Hall–Kier alpha value is -3.64. The number of rotatable bonds is 11. The molecule has 2 aromatic rings. The van der Waals surface area contributed by atoms with Gasteiger partial charge in [0.2, 0.25) is 16.3 Å². The maximum atomic E-state index is 12.4. The molecule has 0 amide bonds. The molecule has 1 saturated heterocycles. The molecule has 206 valence electrons. The number of carbonyl (C=O) groups excluding carboxylic acids is 2. The first-order valence-corrected chi connectivity index (χ1v) is 14.0. The van der Waals surface area contributed by atoms with E-state index in [2.05, 4.69) is 4.74 Å². The number of nitrogens with one attached hydrogen (secondary N) is 1. The molecule has 0 aromatic heterocycles. The second-order valence-corrected chi connectivity index (χ2v) is 10.9. The third-order valence-electron chi connectivity index (χ3n) is 5.98. The normalized spacial score (nSPS) is 18.4. The number of carbonyl (C=O) groups is 2. The molecule has 0 radical (unpaired) electrons. The summed E-state index contributed by atoms with van der Waals surface area (Å²) in [4.78, 5) is 23.7. The fourth-order valence-corrected chi connectivity index (χ4v) is 5.41. The van der Waals surface area contributed by atoms with Crippen molar-refractivity contribution in [2.24, 2.45) is 11.7 Å². The molecule has 1 aliphatic rings. The lowest BCUT2D eigenvalue weighted by atomic mass is 10.0. The topological polar surface area (TPSA) is 158 Å². The second-order valence-electron chi connectivity index (χ2n) is 8.98. The van der Waals surface area contributed by atoms with E-state index < -0.39 is 34.5 Å². The molecule has 1 unspecified atom stereocenters. The van der Waals surface area contributed by atoms with Crippen molar-refractivity contribution in [2.45, 2.75) is 39.0 Å². The molecular weight excluding hydrogens is 514 g/mol. The number of nitrogens with zero attached hydrogens (tertiary/aromatic N) is 1. The summed E-state index contributed by atoms with van der Waals surface area (Å²) in [5.74, 6) is -0.294. The van der Waals surface area contributed by atoms with Crippen LogP contribution in [0.15, 0.2) is 48.5 Å². The Bertz CT molecular complexity index is 1230. The minimum absolute atomic E-state index is 0.00653. The third-order valence-corrected chi connectivity index (χ3v) is 7.28. The van der Waals surface area contributed by atoms with Crippen LogP contribution in [0, 0.1) is 11.3 Å². The van der Waals surface area contributed by atoms with Crippen LogP contribution < -0.4 is 10.5 Å². The van der Waals surface area contributed by atoms with Crippen molar-refractivity contribution < 1.29 is 37.0 Å². The van der Waals surface area contributed by atoms with Crippen molar-refractivity contribution in [1.82, 2.24) is 4.31 Å². The SMILES string of the molecule is CCOC(=O)OC(C)OC(=O)C[C@@H]1C[C@@H](COc2ccc(-c3ccc(C(=N)N)cc3)cc2)N(S(C)(=O)=O)C1. The van der Waals surface area contributed by atoms with Gasteiger partial charge in [0.1, 0.15) is 18.2 Å². The second kappa shape index (κ2) is 12.7. The molecule has 38 heavy (non-hydrogen) atoms. The Labute approximate surface area is 222 Å². The average molecular weight is 548 g/mol. The molecule has 3 atom stereocenters. The standard InChI is InChI=1S/C26H33N3O8S/c1-4-34-26(31)37-17(2)36-24(30)14-18-13-22(29(15-18)38(3,32)33)16-35-23-11-9-20(10-12-23)19-5-7-21(8-6-19)25(27)28/h5-12,17-18,22H,4,13-16H2,1-3H3,(H3,27,28)/t17?,18-,22-/m0/s1. The van der Waals surface area contributed by atoms with Crippen molar-refractivity contribution in [1.29, 1.82) is 5.41 Å². The number of benzene rings is 2. The maximum Gasteiger partial charge on any atom is 0.511 e. The molecule has 3 rings (SSSR count). The van der Waals surface area contributed by atoms with Crippen LogP contribution in [0.2, 0.25) is 0 Å². The zero-order chi connectivity index (χ0) is 27.9. The van der Waals surface area contributed by atoms with Gasteiger partial charge in [-0.3, -0.25) is 10.2 Å². The molecule has 0 bridgehead atoms. The Morgan fingerprint density at radius 1 is 1.08 bits per heavy atom. The molecule has 0 saturated carbocycles. The van der Waals surface area contributed by atoms with Crippen molar-refractivity contribution in [2.75, 3.05) is 26.0 Å². The molecule has 12 heteroatoms. The van der Waals surface area contributed by atoms with Gasteiger partial charge in [0.25, 0.3) is 0 Å². The smallest absolute Gasteiger partial charge is 0.492 e. The summed E-state index contributed by atoms with van der Waals surface area (Å²) >= 11 is 0. The van der Waals surface area contributed by atoms with Gasteiger partial charge in [-0.25, -0.2) is 13.2 Å². The molecule has 0 spiro atoms. The third kappa shape index (κ3) is 8.18. The van der Waals surface area contributed by atoms with Crippen LogP contribution in [0.4, 0.5) is 4.79 Å². The molecule has 1 fully saturated rings. The number of esters is 1. The quantitative estimate of drug-likeness (QED) is 0.187. The molecule has 2 aromatic carbocycles. The van der Waals surface area contributed by atoms with Gasteiger partial charge in [0.15, 0.2) is 0 Å². The van der Waals surface area contributed by atoms with E-state index in [4.69, 9.17) is 25.4 Å². The summed E-state index contributed by atoms with van der Waals surface area (Å²) in [6.45, 7) is 3.43. The van der Waals surface area contributed by atoms with Crippen molar-refractivity contribution in [3.63, 3.8) is 0 Å². The number of amidine groups is 1. The van der Waals surface area contributed by atoms with Crippen LogP contribution in [0.5, 0.6) is 5.75 Å². The fraction of sp³-hybridized carbons (Fsp3) is 0.423. The molecular formula is C26H33N3O8S. The van der Waals surface area contributed by atoms with Gasteiger partial charge in [-0.05, 0) is 42.5 Å². The summed E-state index contributed by atoms with van der Waals surface area (Å²) in [5.41, 5.74) is 8.05. The first-order valence-electron chi connectivity index (χ1n) is 12.1. The van der Waals surface area contributed by atoms with Crippen LogP contribution in [0.1, 0.15) is 32.3 Å². The van der Waals surface area contributed by atoms with E-state index >= 15 is 0 Å². The number of hydrogen-bond donors (Lipinski definition) is 2. The van der Waals surface area contributed by atoms with Crippen LogP contribution in [-0.4, -0.2) is 69.0 Å². The van der Waals surface area contributed by atoms with Crippen LogP contribution in [0.3, 0.4) is 0 Å². The Balaban J connectivity index is 1.56. The van der Waals surface area contributed by atoms with E-state index in [0.717, 1.165) is 17.4 Å². The molecule has 11 nitrogen and oxygen atoms in total. The fourth-order valence-electron chi connectivity index (χ4n) is 4.24. The maximum absolute atomic E-state index is 12.4. The average Bonchev–Trinajstić information content (AvgIpc) is 3.26. The minimum Gasteiger partial charge on any atom is -0.492 e. The Kier molecular flexibility index (Phi) is 9.70. The zero-order valence-electron chi connectivity index (χ0n) is 21.6. The lowest BCUT2D eigenvalue weighted by molar-refractivity contribution is -0.168. The summed E-state index contributed by atoms with van der Waals surface area (Å²) < 4.78 is 46.6. The predicted molar refractivity (Wildman–Crippen MR) is 140 cm³/mol.